The van der Waals surface area contributed by atoms with Crippen molar-refractivity contribution in [1.82, 2.24) is 9.97 Å². The highest BCUT2D eigenvalue weighted by atomic mass is 35.5. The van der Waals surface area contributed by atoms with Gasteiger partial charge < -0.3 is 9.72 Å². The Morgan fingerprint density at radius 3 is 2.86 bits per heavy atom. The molecule has 112 valence electrons. The van der Waals surface area contributed by atoms with Gasteiger partial charge in [0.15, 0.2) is 5.78 Å². The van der Waals surface area contributed by atoms with Crippen LogP contribution >= 0.6 is 22.9 Å². The first kappa shape index (κ1) is 14.7. The molecule has 0 aliphatic heterocycles. The second-order valence-corrected chi connectivity index (χ2v) is 6.31. The van der Waals surface area contributed by atoms with Gasteiger partial charge in [-0.15, -0.1) is 11.3 Å². The number of hydrogen-bond acceptors (Lipinski definition) is 5. The van der Waals surface area contributed by atoms with Gasteiger partial charge in [0.25, 0.3) is 5.56 Å². The van der Waals surface area contributed by atoms with Crippen LogP contribution in [0.3, 0.4) is 0 Å². The third-order valence-electron chi connectivity index (χ3n) is 3.14. The summed E-state index contributed by atoms with van der Waals surface area (Å²) in [6, 6.07) is 8.37. The minimum atomic E-state index is -0.295. The van der Waals surface area contributed by atoms with Gasteiger partial charge in [-0.1, -0.05) is 11.6 Å². The minimum absolute atomic E-state index is 0.0219. The molecule has 1 aromatic carbocycles. The molecule has 3 aromatic rings. The third kappa shape index (κ3) is 2.88. The van der Waals surface area contributed by atoms with Crippen LogP contribution in [0.25, 0.3) is 10.9 Å². The van der Waals surface area contributed by atoms with Gasteiger partial charge in [-0.05, 0) is 30.3 Å². The maximum Gasteiger partial charge on any atom is 0.258 e. The number of thiophene rings is 1. The fourth-order valence-electron chi connectivity index (χ4n) is 2.08. The number of H-pyrrole nitrogens is 1. The van der Waals surface area contributed by atoms with E-state index in [1.165, 1.54) is 18.4 Å². The number of nitrogens with one attached hydrogen (secondary N) is 1. The van der Waals surface area contributed by atoms with E-state index in [2.05, 4.69) is 9.97 Å². The normalized spacial score (nSPS) is 10.8. The number of ketones is 1. The molecule has 7 heteroatoms. The standard InChI is InChI=1S/C15H11ClN2O3S/c1-21-8-2-3-10-9(6-8)15(20)18-14(17-10)7-11(19)12-4-5-13(16)22-12/h2-6H,7H2,1H3,(H,17,18,20). The van der Waals surface area contributed by atoms with Crippen molar-refractivity contribution in [2.24, 2.45) is 0 Å². The number of halogens is 1. The summed E-state index contributed by atoms with van der Waals surface area (Å²) in [6.45, 7) is 0. The van der Waals surface area contributed by atoms with Crippen LogP contribution in [-0.2, 0) is 6.42 Å². The van der Waals surface area contributed by atoms with E-state index in [9.17, 15) is 9.59 Å². The number of aromatic nitrogens is 2. The zero-order valence-electron chi connectivity index (χ0n) is 11.6. The molecule has 0 radical (unpaired) electrons. The first-order chi connectivity index (χ1) is 10.6. The molecule has 3 rings (SSSR count). The van der Waals surface area contributed by atoms with Crippen LogP contribution in [0.5, 0.6) is 5.75 Å². The molecule has 0 unspecified atom stereocenters. The lowest BCUT2D eigenvalue weighted by molar-refractivity contribution is 0.0994. The van der Waals surface area contributed by atoms with Gasteiger partial charge in [-0.2, -0.15) is 0 Å². The second-order valence-electron chi connectivity index (χ2n) is 4.60. The summed E-state index contributed by atoms with van der Waals surface area (Å²) in [5.41, 5.74) is 0.229. The Morgan fingerprint density at radius 1 is 1.36 bits per heavy atom. The van der Waals surface area contributed by atoms with E-state index in [0.29, 0.717) is 31.7 Å². The molecule has 0 atom stereocenters. The largest absolute Gasteiger partial charge is 0.497 e. The molecule has 0 aliphatic rings. The van der Waals surface area contributed by atoms with E-state index >= 15 is 0 Å². The van der Waals surface area contributed by atoms with E-state index in [1.807, 2.05) is 0 Å². The molecule has 5 nitrogen and oxygen atoms in total. The lowest BCUT2D eigenvalue weighted by atomic mass is 10.2. The van der Waals surface area contributed by atoms with Gasteiger partial charge in [0.1, 0.15) is 11.6 Å². The molecule has 0 saturated carbocycles. The quantitative estimate of drug-likeness (QED) is 0.744. The Labute approximate surface area is 134 Å². The van der Waals surface area contributed by atoms with Crippen molar-refractivity contribution in [2.75, 3.05) is 7.11 Å². The van der Waals surface area contributed by atoms with Crippen LogP contribution in [0.15, 0.2) is 35.1 Å². The van der Waals surface area contributed by atoms with Crippen molar-refractivity contribution in [3.63, 3.8) is 0 Å². The van der Waals surface area contributed by atoms with Gasteiger partial charge in [0.05, 0.1) is 33.6 Å². The number of benzene rings is 1. The average Bonchev–Trinajstić information content (AvgIpc) is 2.94. The number of aromatic amines is 1. The van der Waals surface area contributed by atoms with Crippen molar-refractivity contribution in [1.29, 1.82) is 0 Å². The predicted molar refractivity (Wildman–Crippen MR) is 86.3 cm³/mol. The monoisotopic (exact) mass is 334 g/mol. The highest BCUT2D eigenvalue weighted by Gasteiger charge is 2.13. The summed E-state index contributed by atoms with van der Waals surface area (Å²) in [6.07, 6.45) is 0.0219. The number of methoxy groups -OCH3 is 1. The molecule has 0 aliphatic carbocycles. The maximum atomic E-state index is 12.1. The van der Waals surface area contributed by atoms with Crippen molar-refractivity contribution in [3.05, 3.63) is 55.7 Å². The van der Waals surface area contributed by atoms with Crippen molar-refractivity contribution < 1.29 is 9.53 Å². The topological polar surface area (TPSA) is 72.0 Å². The van der Waals surface area contributed by atoms with Crippen LogP contribution in [0.2, 0.25) is 4.34 Å². The molecule has 0 spiro atoms. The van der Waals surface area contributed by atoms with Crippen LogP contribution in [0.4, 0.5) is 0 Å². The Hall–Kier alpha value is -2.18. The number of rotatable bonds is 4. The van der Waals surface area contributed by atoms with Gasteiger partial charge in [-0.25, -0.2) is 4.98 Å². The van der Waals surface area contributed by atoms with E-state index in [4.69, 9.17) is 16.3 Å². The highest BCUT2D eigenvalue weighted by molar-refractivity contribution is 7.18. The number of carbonyl (C=O) groups excluding carboxylic acids is 1. The average molecular weight is 335 g/mol. The van der Waals surface area contributed by atoms with Crippen LogP contribution < -0.4 is 10.3 Å². The summed E-state index contributed by atoms with van der Waals surface area (Å²) >= 11 is 7.03. The fourth-order valence-corrected chi connectivity index (χ4v) is 3.06. The van der Waals surface area contributed by atoms with Gasteiger partial charge >= 0.3 is 0 Å². The first-order valence-electron chi connectivity index (χ1n) is 6.42. The predicted octanol–water partition coefficient (Wildman–Crippen LogP) is 3.07. The molecule has 0 bridgehead atoms. The second kappa shape index (κ2) is 5.90. The highest BCUT2D eigenvalue weighted by Crippen LogP contribution is 2.22. The lowest BCUT2D eigenvalue weighted by Crippen LogP contribution is -2.15. The number of ether oxygens (including phenoxy) is 1. The summed E-state index contributed by atoms with van der Waals surface area (Å²) < 4.78 is 5.64. The number of nitrogens with zero attached hydrogens (tertiary/aromatic N) is 1. The summed E-state index contributed by atoms with van der Waals surface area (Å²) in [4.78, 5) is 31.8. The van der Waals surface area contributed by atoms with Gasteiger partial charge in [0, 0.05) is 0 Å². The molecule has 2 aromatic heterocycles. The molecule has 1 N–H and O–H groups in total. The Balaban J connectivity index is 1.95. The Kier molecular flexibility index (Phi) is 3.96. The van der Waals surface area contributed by atoms with E-state index in [-0.39, 0.29) is 17.8 Å². The molecular weight excluding hydrogens is 324 g/mol. The van der Waals surface area contributed by atoms with E-state index in [1.54, 1.807) is 30.3 Å². The maximum absolute atomic E-state index is 12.1. The summed E-state index contributed by atoms with van der Waals surface area (Å²) in [7, 11) is 1.53. The molecule has 0 amide bonds. The van der Waals surface area contributed by atoms with Gasteiger partial charge in [-0.3, -0.25) is 9.59 Å². The zero-order chi connectivity index (χ0) is 15.7. The Bertz CT molecular complexity index is 917. The zero-order valence-corrected chi connectivity index (χ0v) is 13.1. The van der Waals surface area contributed by atoms with E-state index in [0.717, 1.165) is 0 Å². The number of carbonyl (C=O) groups is 1. The SMILES string of the molecule is COc1ccc2nc(CC(=O)c3ccc(Cl)s3)[nH]c(=O)c2c1. The van der Waals surface area contributed by atoms with Crippen molar-refractivity contribution in [2.45, 2.75) is 6.42 Å². The van der Waals surface area contributed by atoms with Gasteiger partial charge in [0.2, 0.25) is 0 Å². The Morgan fingerprint density at radius 2 is 2.18 bits per heavy atom. The van der Waals surface area contributed by atoms with Crippen molar-refractivity contribution >= 4 is 39.6 Å². The summed E-state index contributed by atoms with van der Waals surface area (Å²) in [5, 5.41) is 0.426. The number of hydrogen-bond donors (Lipinski definition) is 1. The smallest absolute Gasteiger partial charge is 0.258 e. The van der Waals surface area contributed by atoms with E-state index < -0.39 is 0 Å². The molecular formula is C15H11ClN2O3S. The van der Waals surface area contributed by atoms with Crippen LogP contribution in [-0.4, -0.2) is 22.9 Å². The molecule has 0 saturated heterocycles. The van der Waals surface area contributed by atoms with Crippen molar-refractivity contribution in [3.8, 4) is 5.75 Å². The third-order valence-corrected chi connectivity index (χ3v) is 4.41. The fraction of sp³-hybridized carbons (Fsp3) is 0.133. The lowest BCUT2D eigenvalue weighted by Gasteiger charge is -2.04. The molecule has 22 heavy (non-hydrogen) atoms. The number of Topliss-reactive ketones (excluding diaryl/α,β-unsaturated/α-hetero) is 1. The number of fused-ring (bicyclic) bond motifs is 1. The summed E-state index contributed by atoms with van der Waals surface area (Å²) in [5.74, 6) is 0.780. The first-order valence-corrected chi connectivity index (χ1v) is 7.62. The van der Waals surface area contributed by atoms with Crippen LogP contribution in [0, 0.1) is 0 Å². The molecule has 0 fully saturated rings. The minimum Gasteiger partial charge on any atom is -0.497 e. The molecule has 2 heterocycles. The van der Waals surface area contributed by atoms with Crippen LogP contribution in [0.1, 0.15) is 15.5 Å².